The Labute approximate surface area is 95.3 Å². The highest BCUT2D eigenvalue weighted by Gasteiger charge is 2.11. The summed E-state index contributed by atoms with van der Waals surface area (Å²) in [6.45, 7) is 6.47. The highest BCUT2D eigenvalue weighted by molar-refractivity contribution is 7.16. The first-order valence-electron chi connectivity index (χ1n) is 5.02. The highest BCUT2D eigenvalue weighted by Crippen LogP contribution is 2.32. The molecule has 1 heterocycles. The lowest BCUT2D eigenvalue weighted by Gasteiger charge is -2.10. The maximum absolute atomic E-state index is 6.08. The van der Waals surface area contributed by atoms with Crippen molar-refractivity contribution in [1.29, 1.82) is 0 Å². The summed E-state index contributed by atoms with van der Waals surface area (Å²) in [6.07, 6.45) is 2.23. The van der Waals surface area contributed by atoms with E-state index in [1.165, 1.54) is 11.3 Å². The predicted molar refractivity (Wildman–Crippen MR) is 65.1 cm³/mol. The predicted octanol–water partition coefficient (Wildman–Crippen LogP) is 4.15. The van der Waals surface area contributed by atoms with Gasteiger partial charge in [-0.05, 0) is 37.3 Å². The summed E-state index contributed by atoms with van der Waals surface area (Å²) in [5.41, 5.74) is 7.22. The van der Waals surface area contributed by atoms with E-state index in [1.54, 1.807) is 11.3 Å². The summed E-state index contributed by atoms with van der Waals surface area (Å²) < 4.78 is 0.875. The third kappa shape index (κ3) is 3.26. The minimum Gasteiger partial charge on any atom is -0.323 e. The lowest BCUT2D eigenvalue weighted by molar-refractivity contribution is 0.510. The smallest absolute Gasteiger partial charge is 0.0960 e. The Hall–Kier alpha value is -0.0500. The fourth-order valence-corrected chi connectivity index (χ4v) is 2.58. The molecule has 1 nitrogen and oxygen atoms in total. The highest BCUT2D eigenvalue weighted by atomic mass is 35.5. The van der Waals surface area contributed by atoms with Crippen LogP contribution in [0.1, 0.15) is 43.2 Å². The number of hydrogen-bond donors (Lipinski definition) is 1. The second-order valence-corrected chi connectivity index (χ2v) is 5.87. The molecule has 1 aromatic rings. The molecule has 0 bridgehead atoms. The molecule has 1 unspecified atom stereocenters. The molecule has 0 saturated heterocycles. The maximum Gasteiger partial charge on any atom is 0.0960 e. The molecule has 0 spiro atoms. The molecule has 0 amide bonds. The van der Waals surface area contributed by atoms with Crippen molar-refractivity contribution >= 4 is 22.9 Å². The van der Waals surface area contributed by atoms with Gasteiger partial charge in [-0.15, -0.1) is 11.3 Å². The Bertz CT molecular complexity index is 274. The number of nitrogens with two attached hydrogens (primary N) is 1. The maximum atomic E-state index is 6.08. The molecular weight excluding hydrogens is 214 g/mol. The van der Waals surface area contributed by atoms with Crippen molar-refractivity contribution < 1.29 is 0 Å². The van der Waals surface area contributed by atoms with Gasteiger partial charge in [0.05, 0.1) is 4.34 Å². The molecule has 0 saturated carbocycles. The van der Waals surface area contributed by atoms with Gasteiger partial charge in [-0.3, -0.25) is 0 Å². The number of hydrogen-bond acceptors (Lipinski definition) is 2. The molecule has 0 fully saturated rings. The third-order valence-corrected chi connectivity index (χ3v) is 3.98. The molecule has 3 heteroatoms. The second kappa shape index (κ2) is 5.15. The normalized spacial score (nSPS) is 13.6. The van der Waals surface area contributed by atoms with Crippen LogP contribution in [0.3, 0.4) is 0 Å². The minimum atomic E-state index is 0.161. The van der Waals surface area contributed by atoms with Gasteiger partial charge in [0.1, 0.15) is 0 Å². The van der Waals surface area contributed by atoms with Gasteiger partial charge in [-0.2, -0.15) is 0 Å². The van der Waals surface area contributed by atoms with Crippen LogP contribution in [-0.4, -0.2) is 0 Å². The van der Waals surface area contributed by atoms with Crippen molar-refractivity contribution in [3.8, 4) is 0 Å². The van der Waals surface area contributed by atoms with E-state index in [1.807, 2.05) is 6.92 Å². The topological polar surface area (TPSA) is 26.0 Å². The van der Waals surface area contributed by atoms with Crippen LogP contribution >= 0.6 is 22.9 Å². The van der Waals surface area contributed by atoms with Gasteiger partial charge in [-0.25, -0.2) is 0 Å². The van der Waals surface area contributed by atoms with Crippen LogP contribution in [0.2, 0.25) is 4.34 Å². The van der Waals surface area contributed by atoms with Gasteiger partial charge in [0.2, 0.25) is 0 Å². The van der Waals surface area contributed by atoms with Crippen LogP contribution < -0.4 is 5.73 Å². The summed E-state index contributed by atoms with van der Waals surface area (Å²) in [5, 5.41) is 0. The zero-order valence-corrected chi connectivity index (χ0v) is 10.6. The van der Waals surface area contributed by atoms with Crippen LogP contribution in [0.15, 0.2) is 6.07 Å². The molecule has 1 aromatic heterocycles. The minimum absolute atomic E-state index is 0.161. The molecule has 80 valence electrons. The van der Waals surface area contributed by atoms with Crippen LogP contribution in [-0.2, 0) is 0 Å². The third-order valence-electron chi connectivity index (χ3n) is 2.30. The lowest BCUT2D eigenvalue weighted by Crippen LogP contribution is -2.09. The molecule has 0 aromatic carbocycles. The van der Waals surface area contributed by atoms with E-state index in [-0.39, 0.29) is 6.04 Å². The first kappa shape index (κ1) is 12.0. The summed E-state index contributed by atoms with van der Waals surface area (Å²) >= 11 is 7.61. The van der Waals surface area contributed by atoms with E-state index >= 15 is 0 Å². The zero-order chi connectivity index (χ0) is 10.7. The molecule has 1 rings (SSSR count). The average Bonchev–Trinajstić information content (AvgIpc) is 2.43. The first-order valence-corrected chi connectivity index (χ1v) is 6.21. The van der Waals surface area contributed by atoms with Crippen LogP contribution in [0.25, 0.3) is 0 Å². The van der Waals surface area contributed by atoms with E-state index in [2.05, 4.69) is 19.9 Å². The summed E-state index contributed by atoms with van der Waals surface area (Å²) in [7, 11) is 0. The van der Waals surface area contributed by atoms with Crippen molar-refractivity contribution in [3.63, 3.8) is 0 Å². The van der Waals surface area contributed by atoms with Crippen LogP contribution in [0.4, 0.5) is 0 Å². The fraction of sp³-hybridized carbons (Fsp3) is 0.636. The monoisotopic (exact) mass is 231 g/mol. The standard InChI is InChI=1S/C11H18ClNS/c1-7(2)4-5-9(13)10-6-8(3)11(12)14-10/h6-7,9H,4-5,13H2,1-3H3. The molecule has 2 N–H and O–H groups in total. The summed E-state index contributed by atoms with van der Waals surface area (Å²) in [5.74, 6) is 0.720. The number of rotatable bonds is 4. The number of thiophene rings is 1. The number of halogens is 1. The molecule has 1 atom stereocenters. The number of aryl methyl sites for hydroxylation is 1. The van der Waals surface area contributed by atoms with Crippen LogP contribution in [0, 0.1) is 12.8 Å². The largest absolute Gasteiger partial charge is 0.323 e. The fourth-order valence-electron chi connectivity index (χ4n) is 1.32. The summed E-state index contributed by atoms with van der Waals surface area (Å²) in [4.78, 5) is 1.22. The van der Waals surface area contributed by atoms with Crippen molar-refractivity contribution in [2.75, 3.05) is 0 Å². The van der Waals surface area contributed by atoms with Crippen molar-refractivity contribution in [2.45, 2.75) is 39.7 Å². The van der Waals surface area contributed by atoms with E-state index < -0.39 is 0 Å². The van der Waals surface area contributed by atoms with Gasteiger partial charge in [-0.1, -0.05) is 25.4 Å². The molecule has 0 aliphatic heterocycles. The van der Waals surface area contributed by atoms with E-state index in [4.69, 9.17) is 17.3 Å². The Kier molecular flexibility index (Phi) is 4.42. The molecular formula is C11H18ClNS. The van der Waals surface area contributed by atoms with Gasteiger partial charge in [0.25, 0.3) is 0 Å². The van der Waals surface area contributed by atoms with Crippen molar-refractivity contribution in [1.82, 2.24) is 0 Å². The quantitative estimate of drug-likeness (QED) is 0.828. The SMILES string of the molecule is Cc1cc(C(N)CCC(C)C)sc1Cl. The Morgan fingerprint density at radius 2 is 2.07 bits per heavy atom. The summed E-state index contributed by atoms with van der Waals surface area (Å²) in [6, 6.07) is 2.27. The Morgan fingerprint density at radius 1 is 1.43 bits per heavy atom. The van der Waals surface area contributed by atoms with E-state index in [9.17, 15) is 0 Å². The Morgan fingerprint density at radius 3 is 2.50 bits per heavy atom. The molecule has 0 aliphatic rings. The van der Waals surface area contributed by atoms with E-state index in [0.717, 1.165) is 22.2 Å². The van der Waals surface area contributed by atoms with Gasteiger partial charge in [0, 0.05) is 10.9 Å². The first-order chi connectivity index (χ1) is 6.50. The van der Waals surface area contributed by atoms with Crippen LogP contribution in [0.5, 0.6) is 0 Å². The molecule has 0 radical (unpaired) electrons. The zero-order valence-electron chi connectivity index (χ0n) is 9.01. The molecule has 0 aliphatic carbocycles. The van der Waals surface area contributed by atoms with Gasteiger partial charge < -0.3 is 5.73 Å². The van der Waals surface area contributed by atoms with E-state index in [0.29, 0.717) is 0 Å². The van der Waals surface area contributed by atoms with Gasteiger partial charge >= 0.3 is 0 Å². The van der Waals surface area contributed by atoms with Crippen molar-refractivity contribution in [3.05, 3.63) is 20.8 Å². The Balaban J connectivity index is 2.56. The van der Waals surface area contributed by atoms with Crippen molar-refractivity contribution in [2.24, 2.45) is 11.7 Å². The average molecular weight is 232 g/mol. The lowest BCUT2D eigenvalue weighted by atomic mass is 10.0. The van der Waals surface area contributed by atoms with Gasteiger partial charge in [0.15, 0.2) is 0 Å². The second-order valence-electron chi connectivity index (χ2n) is 4.18. The molecule has 14 heavy (non-hydrogen) atoms.